The lowest BCUT2D eigenvalue weighted by molar-refractivity contribution is -0.127. The van der Waals surface area contributed by atoms with E-state index < -0.39 is 17.1 Å². The Labute approximate surface area is 187 Å². The molecule has 0 bridgehead atoms. The lowest BCUT2D eigenvalue weighted by Gasteiger charge is -2.13. The van der Waals surface area contributed by atoms with Gasteiger partial charge >= 0.3 is 0 Å². The molecule has 0 unspecified atom stereocenters. The number of imide groups is 1. The van der Waals surface area contributed by atoms with E-state index in [1.54, 1.807) is 18.2 Å². The third-order valence-corrected chi connectivity index (χ3v) is 6.03. The molecule has 2 aromatic carbocycles. The van der Waals surface area contributed by atoms with E-state index in [1.165, 1.54) is 13.2 Å². The summed E-state index contributed by atoms with van der Waals surface area (Å²) in [4.78, 5) is 38.8. The number of halogens is 1. The maximum absolute atomic E-state index is 12.8. The van der Waals surface area contributed by atoms with Crippen molar-refractivity contribution in [2.75, 3.05) is 19.0 Å². The number of rotatable bonds is 5. The minimum atomic E-state index is -0.505. The number of amides is 3. The second kappa shape index (κ2) is 8.49. The number of carbonyl (C=O) groups excluding carboxylic acids is 3. The lowest BCUT2D eigenvalue weighted by Crippen LogP contribution is -2.36. The van der Waals surface area contributed by atoms with Gasteiger partial charge in [0.25, 0.3) is 11.1 Å². The molecule has 9 heteroatoms. The molecule has 0 saturated carbocycles. The molecule has 0 radical (unpaired) electrons. The number of methoxy groups -OCH3 is 1. The number of aryl methyl sites for hydroxylation is 1. The molecular weight excluding hydrogens is 438 g/mol. The number of fused-ring (bicyclic) bond motifs is 1. The van der Waals surface area contributed by atoms with Crippen molar-refractivity contribution >= 4 is 63.1 Å². The smallest absolute Gasteiger partial charge is 0.294 e. The summed E-state index contributed by atoms with van der Waals surface area (Å²) in [5.41, 5.74) is 2.29. The summed E-state index contributed by atoms with van der Waals surface area (Å²) in [5.74, 6) is -0.523. The van der Waals surface area contributed by atoms with Gasteiger partial charge in [0.05, 0.1) is 17.0 Å². The van der Waals surface area contributed by atoms with Crippen LogP contribution in [0.2, 0.25) is 5.02 Å². The largest absolute Gasteiger partial charge is 0.495 e. The molecule has 0 aliphatic carbocycles. The SMILES string of the molecule is COc1ccc(NC(=O)CN2C(=O)S/C(=C/c3cn(C)c4ccccc34)C2=O)cc1Cl. The molecule has 158 valence electrons. The van der Waals surface area contributed by atoms with Crippen LogP contribution in [0.4, 0.5) is 10.5 Å². The van der Waals surface area contributed by atoms with Gasteiger partial charge in [-0.05, 0) is 42.1 Å². The molecule has 3 aromatic rings. The first kappa shape index (κ1) is 21.0. The number of benzene rings is 2. The number of nitrogens with zero attached hydrogens (tertiary/aromatic N) is 2. The van der Waals surface area contributed by atoms with Crippen molar-refractivity contribution in [3.63, 3.8) is 0 Å². The number of thioether (sulfide) groups is 1. The zero-order chi connectivity index (χ0) is 22.1. The predicted octanol–water partition coefficient (Wildman–Crippen LogP) is 4.52. The maximum atomic E-state index is 12.8. The number of hydrogen-bond acceptors (Lipinski definition) is 5. The van der Waals surface area contributed by atoms with Crippen LogP contribution in [0.1, 0.15) is 5.56 Å². The molecule has 1 saturated heterocycles. The van der Waals surface area contributed by atoms with E-state index in [-0.39, 0.29) is 11.4 Å². The van der Waals surface area contributed by atoms with Crippen LogP contribution in [0, 0.1) is 0 Å². The van der Waals surface area contributed by atoms with E-state index in [4.69, 9.17) is 16.3 Å². The second-order valence-corrected chi connectivity index (χ2v) is 8.28. The van der Waals surface area contributed by atoms with E-state index in [9.17, 15) is 14.4 Å². The van der Waals surface area contributed by atoms with E-state index in [0.717, 1.165) is 33.1 Å². The third kappa shape index (κ3) is 4.17. The van der Waals surface area contributed by atoms with Gasteiger partial charge in [-0.2, -0.15) is 0 Å². The zero-order valence-electron chi connectivity index (χ0n) is 16.7. The fraction of sp³-hybridized carbons (Fsp3) is 0.136. The molecule has 1 aliphatic rings. The second-order valence-electron chi connectivity index (χ2n) is 6.88. The average Bonchev–Trinajstić information content (AvgIpc) is 3.19. The van der Waals surface area contributed by atoms with Gasteiger partial charge in [-0.1, -0.05) is 29.8 Å². The summed E-state index contributed by atoms with van der Waals surface area (Å²) < 4.78 is 7.03. The standard InChI is InChI=1S/C22H18ClN3O4S/c1-25-11-13(15-5-3-4-6-17(15)25)9-19-21(28)26(22(29)31-19)12-20(27)24-14-7-8-18(30-2)16(23)10-14/h3-11H,12H2,1-2H3,(H,24,27)/b19-9+. The Morgan fingerprint density at radius 2 is 2.00 bits per heavy atom. The molecule has 2 heterocycles. The van der Waals surface area contributed by atoms with Crippen molar-refractivity contribution in [2.45, 2.75) is 0 Å². The van der Waals surface area contributed by atoms with Crippen LogP contribution in [0.3, 0.4) is 0 Å². The fourth-order valence-electron chi connectivity index (χ4n) is 3.35. The minimum Gasteiger partial charge on any atom is -0.495 e. The minimum absolute atomic E-state index is 0.279. The number of ether oxygens (including phenoxy) is 1. The van der Waals surface area contributed by atoms with Gasteiger partial charge < -0.3 is 14.6 Å². The monoisotopic (exact) mass is 455 g/mol. The van der Waals surface area contributed by atoms with Crippen LogP contribution in [-0.2, 0) is 16.6 Å². The third-order valence-electron chi connectivity index (χ3n) is 4.83. The number of anilines is 1. The molecule has 31 heavy (non-hydrogen) atoms. The van der Waals surface area contributed by atoms with E-state index in [1.807, 2.05) is 42.1 Å². The highest BCUT2D eigenvalue weighted by atomic mass is 35.5. The molecule has 3 amide bonds. The van der Waals surface area contributed by atoms with Crippen LogP contribution in [0.5, 0.6) is 5.75 Å². The van der Waals surface area contributed by atoms with Crippen LogP contribution < -0.4 is 10.1 Å². The number of aromatic nitrogens is 1. The summed E-state index contributed by atoms with van der Waals surface area (Å²) in [6, 6.07) is 12.6. The Bertz CT molecular complexity index is 1250. The highest BCUT2D eigenvalue weighted by molar-refractivity contribution is 8.18. The summed E-state index contributed by atoms with van der Waals surface area (Å²) in [7, 11) is 3.41. The van der Waals surface area contributed by atoms with Crippen LogP contribution in [-0.4, -0.2) is 40.2 Å². The van der Waals surface area contributed by atoms with Gasteiger partial charge in [0.2, 0.25) is 5.91 Å². The van der Waals surface area contributed by atoms with E-state index in [0.29, 0.717) is 16.5 Å². The van der Waals surface area contributed by atoms with Gasteiger partial charge in [-0.3, -0.25) is 19.3 Å². The quantitative estimate of drug-likeness (QED) is 0.572. The van der Waals surface area contributed by atoms with Crippen molar-refractivity contribution < 1.29 is 19.1 Å². The fourth-order valence-corrected chi connectivity index (χ4v) is 4.44. The molecule has 1 N–H and O–H groups in total. The molecule has 7 nitrogen and oxygen atoms in total. The van der Waals surface area contributed by atoms with Gasteiger partial charge in [0, 0.05) is 35.4 Å². The zero-order valence-corrected chi connectivity index (χ0v) is 18.3. The predicted molar refractivity (Wildman–Crippen MR) is 122 cm³/mol. The van der Waals surface area contributed by atoms with Gasteiger partial charge in [0.1, 0.15) is 12.3 Å². The van der Waals surface area contributed by atoms with Gasteiger partial charge in [-0.25, -0.2) is 0 Å². The molecule has 1 fully saturated rings. The van der Waals surface area contributed by atoms with Crippen molar-refractivity contribution in [3.8, 4) is 5.75 Å². The normalized spacial score (nSPS) is 15.2. The van der Waals surface area contributed by atoms with Crippen LogP contribution in [0.15, 0.2) is 53.6 Å². The Kier molecular flexibility index (Phi) is 5.75. The molecule has 1 aliphatic heterocycles. The first-order chi connectivity index (χ1) is 14.9. The van der Waals surface area contributed by atoms with Crippen molar-refractivity contribution in [2.24, 2.45) is 7.05 Å². The molecular formula is C22H18ClN3O4S. The van der Waals surface area contributed by atoms with E-state index in [2.05, 4.69) is 5.32 Å². The summed E-state index contributed by atoms with van der Waals surface area (Å²) in [6.45, 7) is -0.388. The van der Waals surface area contributed by atoms with Crippen LogP contribution in [0.25, 0.3) is 17.0 Å². The number of para-hydroxylation sites is 1. The van der Waals surface area contributed by atoms with Crippen molar-refractivity contribution in [1.29, 1.82) is 0 Å². The lowest BCUT2D eigenvalue weighted by atomic mass is 10.1. The average molecular weight is 456 g/mol. The number of carbonyl (C=O) groups is 3. The first-order valence-corrected chi connectivity index (χ1v) is 10.5. The Hall–Kier alpha value is -3.23. The highest BCUT2D eigenvalue weighted by Gasteiger charge is 2.36. The molecule has 0 atom stereocenters. The topological polar surface area (TPSA) is 80.6 Å². The summed E-state index contributed by atoms with van der Waals surface area (Å²) in [5, 5.41) is 3.47. The summed E-state index contributed by atoms with van der Waals surface area (Å²) in [6.07, 6.45) is 3.59. The highest BCUT2D eigenvalue weighted by Crippen LogP contribution is 2.34. The van der Waals surface area contributed by atoms with E-state index >= 15 is 0 Å². The Morgan fingerprint density at radius 3 is 2.74 bits per heavy atom. The van der Waals surface area contributed by atoms with Crippen molar-refractivity contribution in [3.05, 3.63) is 64.2 Å². The Morgan fingerprint density at radius 1 is 1.23 bits per heavy atom. The first-order valence-electron chi connectivity index (χ1n) is 9.30. The number of hydrogen-bond donors (Lipinski definition) is 1. The molecule has 1 aromatic heterocycles. The van der Waals surface area contributed by atoms with Crippen LogP contribution >= 0.6 is 23.4 Å². The van der Waals surface area contributed by atoms with Gasteiger partial charge in [0.15, 0.2) is 0 Å². The Balaban J connectivity index is 1.50. The molecule has 0 spiro atoms. The summed E-state index contributed by atoms with van der Waals surface area (Å²) >= 11 is 6.88. The van der Waals surface area contributed by atoms with Crippen molar-refractivity contribution in [1.82, 2.24) is 9.47 Å². The molecule has 4 rings (SSSR count). The number of nitrogens with one attached hydrogen (secondary N) is 1. The maximum Gasteiger partial charge on any atom is 0.294 e. The van der Waals surface area contributed by atoms with Gasteiger partial charge in [-0.15, -0.1) is 0 Å².